The molecule has 3 aromatic carbocycles. The number of hydrogen-bond donors (Lipinski definition) is 0. The summed E-state index contributed by atoms with van der Waals surface area (Å²) in [5.41, 5.74) is 2.99. The van der Waals surface area contributed by atoms with Gasteiger partial charge in [0, 0.05) is 0 Å². The summed E-state index contributed by atoms with van der Waals surface area (Å²) in [6, 6.07) is 30.5. The molecular weight excluding hydrogens is 456 g/mol. The second kappa shape index (κ2) is 9.90. The molecule has 0 radical (unpaired) electrons. The lowest BCUT2D eigenvalue weighted by molar-refractivity contribution is -0.154. The van der Waals surface area contributed by atoms with E-state index in [1.807, 2.05) is 74.5 Å². The van der Waals surface area contributed by atoms with Gasteiger partial charge in [0.25, 0.3) is 0 Å². The largest absolute Gasteiger partial charge is 0.508 e. The number of carbonyl (C=O) groups excluding carboxylic acids is 1. The number of hydrogen-bond acceptors (Lipinski definition) is 6. The summed E-state index contributed by atoms with van der Waals surface area (Å²) in [6.45, 7) is 3.93. The molecule has 2 aliphatic rings. The predicted molar refractivity (Wildman–Crippen MR) is 134 cm³/mol. The van der Waals surface area contributed by atoms with Crippen LogP contribution < -0.4 is 0 Å². The highest BCUT2D eigenvalue weighted by atomic mass is 16.8. The number of ether oxygens (including phenoxy) is 5. The van der Waals surface area contributed by atoms with Crippen LogP contribution in [0.25, 0.3) is 0 Å². The maximum atomic E-state index is 11.9. The Morgan fingerprint density at radius 2 is 1.33 bits per heavy atom. The summed E-state index contributed by atoms with van der Waals surface area (Å²) in [7, 11) is 1.28. The van der Waals surface area contributed by atoms with E-state index in [0.29, 0.717) is 0 Å². The zero-order valence-electron chi connectivity index (χ0n) is 20.6. The number of benzene rings is 3. The van der Waals surface area contributed by atoms with Gasteiger partial charge in [-0.25, -0.2) is 4.79 Å². The summed E-state index contributed by atoms with van der Waals surface area (Å²) < 4.78 is 29.5. The first kappa shape index (κ1) is 24.3. The molecule has 3 unspecified atom stereocenters. The Bertz CT molecular complexity index is 1110. The standard InChI is InChI=1S/C30H30O6/c1-29(2)35-26-21(19-25(27(26)36-29)34-28(31)32-3)20-33-30(22-13-7-4-8-14-22,23-15-9-5-10-16-23)24-17-11-6-12-18-24/h4-19,25-27H,20H2,1-3H3. The van der Waals surface area contributed by atoms with Crippen molar-refractivity contribution in [3.8, 4) is 0 Å². The Morgan fingerprint density at radius 1 is 0.833 bits per heavy atom. The van der Waals surface area contributed by atoms with Crippen LogP contribution in [0.1, 0.15) is 30.5 Å². The first-order chi connectivity index (χ1) is 17.4. The predicted octanol–water partition coefficient (Wildman–Crippen LogP) is 5.61. The van der Waals surface area contributed by atoms with Gasteiger partial charge in [-0.3, -0.25) is 0 Å². The minimum Gasteiger partial charge on any atom is -0.438 e. The molecule has 1 saturated heterocycles. The second-order valence-electron chi connectivity index (χ2n) is 9.37. The van der Waals surface area contributed by atoms with E-state index in [0.717, 1.165) is 22.3 Å². The maximum absolute atomic E-state index is 11.9. The quantitative estimate of drug-likeness (QED) is 0.246. The first-order valence-electron chi connectivity index (χ1n) is 12.0. The van der Waals surface area contributed by atoms with Crippen molar-refractivity contribution in [1.29, 1.82) is 0 Å². The monoisotopic (exact) mass is 486 g/mol. The second-order valence-corrected chi connectivity index (χ2v) is 9.37. The normalized spacial score (nSPS) is 22.5. The van der Waals surface area contributed by atoms with E-state index in [1.54, 1.807) is 0 Å². The molecule has 0 amide bonds. The lowest BCUT2D eigenvalue weighted by Gasteiger charge is -2.36. The van der Waals surface area contributed by atoms with Crippen LogP contribution in [0.15, 0.2) is 103 Å². The third-order valence-electron chi connectivity index (χ3n) is 6.59. The van der Waals surface area contributed by atoms with Gasteiger partial charge in [0.05, 0.1) is 13.7 Å². The van der Waals surface area contributed by atoms with Crippen molar-refractivity contribution in [3.63, 3.8) is 0 Å². The smallest absolute Gasteiger partial charge is 0.438 e. The van der Waals surface area contributed by atoms with Crippen LogP contribution in [0.5, 0.6) is 0 Å². The molecule has 3 atom stereocenters. The van der Waals surface area contributed by atoms with Crippen molar-refractivity contribution in [2.75, 3.05) is 13.7 Å². The van der Waals surface area contributed by atoms with Crippen molar-refractivity contribution in [1.82, 2.24) is 0 Å². The lowest BCUT2D eigenvalue weighted by atomic mass is 9.80. The highest BCUT2D eigenvalue weighted by molar-refractivity contribution is 5.60. The fourth-order valence-electron chi connectivity index (χ4n) is 5.07. The summed E-state index contributed by atoms with van der Waals surface area (Å²) in [6.07, 6.45) is -0.431. The molecule has 1 fully saturated rings. The Hall–Kier alpha value is -3.45. The van der Waals surface area contributed by atoms with Crippen LogP contribution in [-0.4, -0.2) is 44.0 Å². The summed E-state index contributed by atoms with van der Waals surface area (Å²) >= 11 is 0. The number of methoxy groups -OCH3 is 1. The molecular formula is C30H30O6. The van der Waals surface area contributed by atoms with E-state index in [4.69, 9.17) is 23.7 Å². The lowest BCUT2D eigenvalue weighted by Crippen LogP contribution is -2.35. The van der Waals surface area contributed by atoms with Crippen molar-refractivity contribution in [2.24, 2.45) is 0 Å². The zero-order chi connectivity index (χ0) is 25.2. The molecule has 1 aliphatic carbocycles. The minimum atomic E-state index is -0.879. The SMILES string of the molecule is COC(=O)OC1C=C(COC(c2ccccc2)(c2ccccc2)c2ccccc2)C2OC(C)(C)OC12. The average molecular weight is 487 g/mol. The Morgan fingerprint density at radius 3 is 1.81 bits per heavy atom. The number of fused-ring (bicyclic) bond motifs is 1. The molecule has 5 rings (SSSR count). The van der Waals surface area contributed by atoms with E-state index < -0.39 is 35.9 Å². The van der Waals surface area contributed by atoms with E-state index in [-0.39, 0.29) is 6.61 Å². The molecule has 3 aromatic rings. The highest BCUT2D eigenvalue weighted by Gasteiger charge is 2.52. The summed E-state index contributed by atoms with van der Waals surface area (Å²) in [5, 5.41) is 0. The fourth-order valence-corrected chi connectivity index (χ4v) is 5.07. The Kier molecular flexibility index (Phi) is 6.67. The Balaban J connectivity index is 1.55. The molecule has 0 N–H and O–H groups in total. The van der Waals surface area contributed by atoms with Crippen molar-refractivity contribution >= 4 is 6.16 Å². The molecule has 0 bridgehead atoms. The molecule has 1 aliphatic heterocycles. The molecule has 186 valence electrons. The van der Waals surface area contributed by atoms with Crippen LogP contribution >= 0.6 is 0 Å². The van der Waals surface area contributed by atoms with Crippen molar-refractivity contribution in [3.05, 3.63) is 119 Å². The fraction of sp³-hybridized carbons (Fsp3) is 0.300. The molecule has 6 nitrogen and oxygen atoms in total. The summed E-state index contributed by atoms with van der Waals surface area (Å²) in [5.74, 6) is -0.818. The van der Waals surface area contributed by atoms with E-state index in [1.165, 1.54) is 7.11 Å². The van der Waals surface area contributed by atoms with Gasteiger partial charge in [0.1, 0.15) is 17.8 Å². The van der Waals surface area contributed by atoms with Crippen LogP contribution in [-0.2, 0) is 29.3 Å². The van der Waals surface area contributed by atoms with Gasteiger partial charge in [-0.05, 0) is 42.2 Å². The van der Waals surface area contributed by atoms with Crippen LogP contribution in [0, 0.1) is 0 Å². The molecule has 0 spiro atoms. The van der Waals surface area contributed by atoms with Crippen molar-refractivity contribution < 1.29 is 28.5 Å². The molecule has 0 aromatic heterocycles. The van der Waals surface area contributed by atoms with Gasteiger partial charge in [-0.1, -0.05) is 91.0 Å². The summed E-state index contributed by atoms with van der Waals surface area (Å²) in [4.78, 5) is 11.9. The molecule has 6 heteroatoms. The molecule has 36 heavy (non-hydrogen) atoms. The van der Waals surface area contributed by atoms with E-state index >= 15 is 0 Å². The Labute approximate surface area is 211 Å². The molecule has 0 saturated carbocycles. The van der Waals surface area contributed by atoms with E-state index in [9.17, 15) is 4.79 Å². The third kappa shape index (κ3) is 4.55. The third-order valence-corrected chi connectivity index (χ3v) is 6.59. The van der Waals surface area contributed by atoms with Gasteiger partial charge in [0.2, 0.25) is 0 Å². The van der Waals surface area contributed by atoms with Gasteiger partial charge in [0.15, 0.2) is 11.9 Å². The zero-order valence-corrected chi connectivity index (χ0v) is 20.6. The molecule has 1 heterocycles. The first-order valence-corrected chi connectivity index (χ1v) is 12.0. The number of rotatable bonds is 7. The van der Waals surface area contributed by atoms with Crippen molar-refractivity contribution in [2.45, 2.75) is 43.5 Å². The number of carbonyl (C=O) groups is 1. The van der Waals surface area contributed by atoms with Crippen LogP contribution in [0.2, 0.25) is 0 Å². The van der Waals surface area contributed by atoms with Crippen LogP contribution in [0.4, 0.5) is 4.79 Å². The average Bonchev–Trinajstić information content (AvgIpc) is 3.39. The topological polar surface area (TPSA) is 63.2 Å². The van der Waals surface area contributed by atoms with Gasteiger partial charge >= 0.3 is 6.16 Å². The van der Waals surface area contributed by atoms with Crippen LogP contribution in [0.3, 0.4) is 0 Å². The van der Waals surface area contributed by atoms with Gasteiger partial charge in [-0.2, -0.15) is 0 Å². The van der Waals surface area contributed by atoms with E-state index in [2.05, 4.69) is 36.4 Å². The minimum absolute atomic E-state index is 0.236. The van der Waals surface area contributed by atoms with Gasteiger partial charge in [-0.15, -0.1) is 0 Å². The maximum Gasteiger partial charge on any atom is 0.508 e. The highest BCUT2D eigenvalue weighted by Crippen LogP contribution is 2.44. The van der Waals surface area contributed by atoms with Gasteiger partial charge < -0.3 is 23.7 Å².